The lowest BCUT2D eigenvalue weighted by atomic mass is 10.1. The van der Waals surface area contributed by atoms with Crippen LogP contribution in [0.25, 0.3) is 0 Å². The number of sulfonamides is 2. The Balaban J connectivity index is 1.50. The van der Waals surface area contributed by atoms with E-state index in [1.54, 1.807) is 54.6 Å². The number of hydrogen-bond acceptors (Lipinski definition) is 5. The number of rotatable bonds is 9. The lowest BCUT2D eigenvalue weighted by molar-refractivity contribution is -0.114. The van der Waals surface area contributed by atoms with E-state index in [-0.39, 0.29) is 9.79 Å². The Morgan fingerprint density at radius 2 is 1.34 bits per heavy atom. The minimum absolute atomic E-state index is 0.0213. The van der Waals surface area contributed by atoms with Crippen LogP contribution in [0.1, 0.15) is 11.1 Å². The zero-order valence-corrected chi connectivity index (χ0v) is 22.5. The average Bonchev–Trinajstić information content (AvgIpc) is 2.90. The van der Waals surface area contributed by atoms with E-state index in [2.05, 4.69) is 10.0 Å². The first-order valence-corrected chi connectivity index (χ1v) is 14.6. The van der Waals surface area contributed by atoms with E-state index in [0.717, 1.165) is 15.4 Å². The van der Waals surface area contributed by atoms with Crippen molar-refractivity contribution < 1.29 is 21.6 Å². The Morgan fingerprint density at radius 1 is 0.737 bits per heavy atom. The summed E-state index contributed by atoms with van der Waals surface area (Å²) in [7, 11) is -7.87. The Kier molecular flexibility index (Phi) is 7.84. The standard InChI is InChI=1S/C28H27N3O5S2/c1-21-13-18-27(22(2)19-21)30-37(33,34)25-16-14-23(15-17-25)29-28(32)20-31(24-9-5-3-6-10-24)38(35,36)26-11-7-4-8-12-26/h3-19,30H,20H2,1-2H3,(H,29,32). The zero-order chi connectivity index (χ0) is 27.3. The molecule has 38 heavy (non-hydrogen) atoms. The summed E-state index contributed by atoms with van der Waals surface area (Å²) in [6, 6.07) is 27.3. The van der Waals surface area contributed by atoms with Gasteiger partial charge < -0.3 is 5.32 Å². The molecular formula is C28H27N3O5S2. The highest BCUT2D eigenvalue weighted by atomic mass is 32.2. The minimum atomic E-state index is -4.02. The first kappa shape index (κ1) is 26.9. The summed E-state index contributed by atoms with van der Waals surface area (Å²) in [6.07, 6.45) is 0. The van der Waals surface area contributed by atoms with Gasteiger partial charge in [-0.05, 0) is 74.0 Å². The Labute approximate surface area is 223 Å². The van der Waals surface area contributed by atoms with Crippen LogP contribution in [0.5, 0.6) is 0 Å². The highest BCUT2D eigenvalue weighted by Crippen LogP contribution is 2.24. The van der Waals surface area contributed by atoms with Crippen molar-refractivity contribution in [1.82, 2.24) is 0 Å². The molecule has 4 aromatic rings. The summed E-state index contributed by atoms with van der Waals surface area (Å²) in [5.74, 6) is -0.586. The van der Waals surface area contributed by atoms with Gasteiger partial charge in [0.05, 0.1) is 21.2 Å². The van der Waals surface area contributed by atoms with Crippen molar-refractivity contribution >= 4 is 43.0 Å². The molecule has 0 spiro atoms. The van der Waals surface area contributed by atoms with Gasteiger partial charge in [-0.3, -0.25) is 13.8 Å². The van der Waals surface area contributed by atoms with Gasteiger partial charge in [0.2, 0.25) is 5.91 Å². The first-order chi connectivity index (χ1) is 18.1. The van der Waals surface area contributed by atoms with Crippen LogP contribution >= 0.6 is 0 Å². The highest BCUT2D eigenvalue weighted by Gasteiger charge is 2.27. The van der Waals surface area contributed by atoms with E-state index >= 15 is 0 Å². The normalized spacial score (nSPS) is 11.5. The summed E-state index contributed by atoms with van der Waals surface area (Å²) < 4.78 is 56.0. The summed E-state index contributed by atoms with van der Waals surface area (Å²) in [6.45, 7) is 3.27. The fourth-order valence-corrected chi connectivity index (χ4v) is 6.38. The Bertz CT molecular complexity index is 1640. The SMILES string of the molecule is Cc1ccc(NS(=O)(=O)c2ccc(NC(=O)CN(c3ccccc3)S(=O)(=O)c3ccccc3)cc2)c(C)c1. The molecule has 0 heterocycles. The van der Waals surface area contributed by atoms with Gasteiger partial charge in [0.1, 0.15) is 6.54 Å². The number of nitrogens with one attached hydrogen (secondary N) is 2. The van der Waals surface area contributed by atoms with Gasteiger partial charge >= 0.3 is 0 Å². The summed E-state index contributed by atoms with van der Waals surface area (Å²) in [4.78, 5) is 13.0. The van der Waals surface area contributed by atoms with E-state index in [4.69, 9.17) is 0 Å². The molecule has 8 nitrogen and oxygen atoms in total. The number of benzene rings is 4. The molecule has 2 N–H and O–H groups in total. The quantitative estimate of drug-likeness (QED) is 0.307. The topological polar surface area (TPSA) is 113 Å². The molecule has 0 unspecified atom stereocenters. The first-order valence-electron chi connectivity index (χ1n) is 11.7. The third kappa shape index (κ3) is 6.21. The molecule has 196 valence electrons. The van der Waals surface area contributed by atoms with E-state index < -0.39 is 32.5 Å². The smallest absolute Gasteiger partial charge is 0.264 e. The van der Waals surface area contributed by atoms with Gasteiger partial charge in [-0.1, -0.05) is 54.1 Å². The van der Waals surface area contributed by atoms with Gasteiger partial charge in [0.15, 0.2) is 0 Å². The van der Waals surface area contributed by atoms with E-state index in [1.807, 2.05) is 26.0 Å². The number of nitrogens with zero attached hydrogens (tertiary/aromatic N) is 1. The monoisotopic (exact) mass is 549 g/mol. The molecule has 0 fully saturated rings. The van der Waals surface area contributed by atoms with Crippen LogP contribution in [0, 0.1) is 13.8 Å². The molecular weight excluding hydrogens is 522 g/mol. The maximum atomic E-state index is 13.3. The lowest BCUT2D eigenvalue weighted by Gasteiger charge is -2.24. The predicted octanol–water partition coefficient (Wildman–Crippen LogP) is 4.94. The summed E-state index contributed by atoms with van der Waals surface area (Å²) in [5, 5.41) is 2.65. The molecule has 10 heteroatoms. The van der Waals surface area contributed by atoms with Crippen molar-refractivity contribution in [2.75, 3.05) is 20.9 Å². The van der Waals surface area contributed by atoms with Crippen LogP contribution in [0.2, 0.25) is 0 Å². The number of hydrogen-bond donors (Lipinski definition) is 2. The van der Waals surface area contributed by atoms with Crippen molar-refractivity contribution in [3.63, 3.8) is 0 Å². The Hall–Kier alpha value is -4.15. The summed E-state index contributed by atoms with van der Waals surface area (Å²) >= 11 is 0. The minimum Gasteiger partial charge on any atom is -0.325 e. The fraction of sp³-hybridized carbons (Fsp3) is 0.107. The number of anilines is 3. The average molecular weight is 550 g/mol. The van der Waals surface area contributed by atoms with Gasteiger partial charge in [0.25, 0.3) is 20.0 Å². The molecule has 0 aliphatic rings. The molecule has 4 aromatic carbocycles. The lowest BCUT2D eigenvalue weighted by Crippen LogP contribution is -2.38. The molecule has 0 radical (unpaired) electrons. The van der Waals surface area contributed by atoms with Crippen LogP contribution < -0.4 is 14.3 Å². The van der Waals surface area contributed by atoms with Gasteiger partial charge in [0, 0.05) is 5.69 Å². The van der Waals surface area contributed by atoms with Gasteiger partial charge in [-0.2, -0.15) is 0 Å². The number of para-hydroxylation sites is 1. The highest BCUT2D eigenvalue weighted by molar-refractivity contribution is 7.93. The summed E-state index contributed by atoms with van der Waals surface area (Å²) in [5.41, 5.74) is 2.96. The second kappa shape index (κ2) is 11.1. The Morgan fingerprint density at radius 3 is 1.95 bits per heavy atom. The molecule has 0 saturated heterocycles. The molecule has 1 amide bonds. The molecule has 0 aliphatic heterocycles. The maximum Gasteiger partial charge on any atom is 0.264 e. The number of carbonyl (C=O) groups is 1. The molecule has 0 atom stereocenters. The third-order valence-corrected chi connectivity index (χ3v) is 8.91. The number of carbonyl (C=O) groups excluding carboxylic acids is 1. The zero-order valence-electron chi connectivity index (χ0n) is 20.8. The van der Waals surface area contributed by atoms with Crippen molar-refractivity contribution in [2.45, 2.75) is 23.6 Å². The molecule has 0 aromatic heterocycles. The van der Waals surface area contributed by atoms with E-state index in [0.29, 0.717) is 17.1 Å². The van der Waals surface area contributed by atoms with Gasteiger partial charge in [-0.15, -0.1) is 0 Å². The van der Waals surface area contributed by atoms with Crippen LogP contribution in [-0.2, 0) is 24.8 Å². The molecule has 0 aliphatic carbocycles. The fourth-order valence-electron chi connectivity index (χ4n) is 3.81. The number of amides is 1. The van der Waals surface area contributed by atoms with Crippen molar-refractivity contribution in [3.05, 3.63) is 114 Å². The molecule has 0 bridgehead atoms. The van der Waals surface area contributed by atoms with Crippen LogP contribution in [-0.4, -0.2) is 29.3 Å². The molecule has 4 rings (SSSR count). The second-order valence-electron chi connectivity index (χ2n) is 8.66. The predicted molar refractivity (Wildman–Crippen MR) is 149 cm³/mol. The van der Waals surface area contributed by atoms with Crippen LogP contribution in [0.4, 0.5) is 17.1 Å². The number of aryl methyl sites for hydroxylation is 2. The van der Waals surface area contributed by atoms with Crippen LogP contribution in [0.15, 0.2) is 113 Å². The maximum absolute atomic E-state index is 13.3. The van der Waals surface area contributed by atoms with Crippen molar-refractivity contribution in [2.24, 2.45) is 0 Å². The van der Waals surface area contributed by atoms with E-state index in [9.17, 15) is 21.6 Å². The van der Waals surface area contributed by atoms with E-state index in [1.165, 1.54) is 36.4 Å². The van der Waals surface area contributed by atoms with Crippen LogP contribution in [0.3, 0.4) is 0 Å². The van der Waals surface area contributed by atoms with Crippen molar-refractivity contribution in [3.8, 4) is 0 Å². The van der Waals surface area contributed by atoms with Gasteiger partial charge in [-0.25, -0.2) is 16.8 Å². The largest absolute Gasteiger partial charge is 0.325 e. The third-order valence-electron chi connectivity index (χ3n) is 5.74. The molecule has 0 saturated carbocycles. The van der Waals surface area contributed by atoms with Crippen molar-refractivity contribution in [1.29, 1.82) is 0 Å². The second-order valence-corrected chi connectivity index (χ2v) is 12.2.